The fraction of sp³-hybridized carbons (Fsp3) is 0.391. The number of rotatable bonds is 5. The maximum Gasteiger partial charge on any atom is 0.433 e. The monoisotopic (exact) mass is 477 g/mol. The lowest BCUT2D eigenvalue weighted by Gasteiger charge is -2.37. The minimum absolute atomic E-state index is 0.0504. The van der Waals surface area contributed by atoms with Gasteiger partial charge in [0.2, 0.25) is 0 Å². The Labute approximate surface area is 193 Å². The quantitative estimate of drug-likeness (QED) is 0.615. The lowest BCUT2D eigenvalue weighted by atomic mass is 10.0. The molecule has 0 saturated carbocycles. The lowest BCUT2D eigenvalue weighted by molar-refractivity contribution is -0.150. The summed E-state index contributed by atoms with van der Waals surface area (Å²) in [6, 6.07) is 9.80. The van der Waals surface area contributed by atoms with Gasteiger partial charge >= 0.3 is 18.2 Å². The van der Waals surface area contributed by atoms with Gasteiger partial charge in [0.05, 0.1) is 5.56 Å². The summed E-state index contributed by atoms with van der Waals surface area (Å²) in [7, 11) is 0. The van der Waals surface area contributed by atoms with Gasteiger partial charge in [0.1, 0.15) is 18.9 Å². The molecular weight excluding hydrogens is 455 g/mol. The van der Waals surface area contributed by atoms with Gasteiger partial charge in [-0.15, -0.1) is 0 Å². The molecule has 2 saturated heterocycles. The van der Waals surface area contributed by atoms with Crippen molar-refractivity contribution in [1.82, 2.24) is 14.8 Å². The summed E-state index contributed by atoms with van der Waals surface area (Å²) < 4.78 is 48.5. The fourth-order valence-corrected chi connectivity index (χ4v) is 4.06. The molecule has 0 N–H and O–H groups in total. The smallest absolute Gasteiger partial charge is 0.433 e. The van der Waals surface area contributed by atoms with Gasteiger partial charge in [-0.05, 0) is 30.5 Å². The molecule has 2 aromatic rings. The molecule has 1 atom stereocenters. The number of pyridine rings is 1. The molecule has 11 heteroatoms. The summed E-state index contributed by atoms with van der Waals surface area (Å²) in [5.74, 6) is -1.01. The van der Waals surface area contributed by atoms with Crippen LogP contribution in [0.3, 0.4) is 0 Å². The summed E-state index contributed by atoms with van der Waals surface area (Å²) in [6.07, 6.45) is -3.51. The third-order valence-corrected chi connectivity index (χ3v) is 5.85. The number of halogens is 3. The van der Waals surface area contributed by atoms with Crippen LogP contribution in [0, 0.1) is 0 Å². The summed E-state index contributed by atoms with van der Waals surface area (Å²) in [4.78, 5) is 43.8. The van der Waals surface area contributed by atoms with Gasteiger partial charge in [-0.2, -0.15) is 13.2 Å². The van der Waals surface area contributed by atoms with Gasteiger partial charge in [0.15, 0.2) is 6.04 Å². The van der Waals surface area contributed by atoms with E-state index in [2.05, 4.69) is 4.98 Å². The number of hydrogen-bond donors (Lipinski definition) is 0. The van der Waals surface area contributed by atoms with Crippen LogP contribution in [0.4, 0.5) is 18.0 Å². The highest BCUT2D eigenvalue weighted by Gasteiger charge is 2.44. The molecule has 2 amide bonds. The molecule has 34 heavy (non-hydrogen) atoms. The van der Waals surface area contributed by atoms with Gasteiger partial charge in [-0.3, -0.25) is 14.7 Å². The standard InChI is InChI=1S/C23H22F3N3O5/c24-23(25,26)19-7-6-16(12-27-19)20(30)28-10-8-17(9-11-28)29-18(14-34-22(29)32)21(31)33-13-15-4-2-1-3-5-15/h1-7,12,17-18H,8-11,13-14H2. The van der Waals surface area contributed by atoms with E-state index in [9.17, 15) is 27.6 Å². The molecule has 8 nitrogen and oxygen atoms in total. The normalized spacial score (nSPS) is 19.1. The van der Waals surface area contributed by atoms with Crippen molar-refractivity contribution >= 4 is 18.0 Å². The van der Waals surface area contributed by atoms with E-state index in [1.54, 1.807) is 0 Å². The molecule has 2 aliphatic heterocycles. The highest BCUT2D eigenvalue weighted by Crippen LogP contribution is 2.28. The maximum atomic E-state index is 12.7. The number of nitrogens with zero attached hydrogens (tertiary/aromatic N) is 3. The zero-order valence-electron chi connectivity index (χ0n) is 18.0. The Morgan fingerprint density at radius 2 is 1.79 bits per heavy atom. The topological polar surface area (TPSA) is 89.0 Å². The van der Waals surface area contributed by atoms with Crippen molar-refractivity contribution in [2.24, 2.45) is 0 Å². The van der Waals surface area contributed by atoms with Crippen LogP contribution in [-0.2, 0) is 27.1 Å². The van der Waals surface area contributed by atoms with Crippen LogP contribution in [0.1, 0.15) is 34.5 Å². The number of carbonyl (C=O) groups is 3. The van der Waals surface area contributed by atoms with Crippen molar-refractivity contribution in [3.05, 3.63) is 65.5 Å². The number of ether oxygens (including phenoxy) is 2. The molecule has 1 aromatic heterocycles. The second kappa shape index (κ2) is 9.70. The van der Waals surface area contributed by atoms with Crippen LogP contribution in [-0.4, -0.2) is 64.5 Å². The molecular formula is C23H22F3N3O5. The van der Waals surface area contributed by atoms with E-state index < -0.39 is 35.9 Å². The number of hydrogen-bond acceptors (Lipinski definition) is 6. The van der Waals surface area contributed by atoms with E-state index in [1.165, 1.54) is 9.80 Å². The maximum absolute atomic E-state index is 12.7. The molecule has 4 rings (SSSR count). The predicted octanol–water partition coefficient (Wildman–Crippen LogP) is 3.27. The zero-order valence-corrected chi connectivity index (χ0v) is 18.0. The van der Waals surface area contributed by atoms with E-state index in [4.69, 9.17) is 9.47 Å². The fourth-order valence-electron chi connectivity index (χ4n) is 4.06. The first-order valence-electron chi connectivity index (χ1n) is 10.7. The number of aromatic nitrogens is 1. The average molecular weight is 477 g/mol. The number of piperidine rings is 1. The van der Waals surface area contributed by atoms with Crippen LogP contribution < -0.4 is 0 Å². The largest absolute Gasteiger partial charge is 0.459 e. The van der Waals surface area contributed by atoms with Gasteiger partial charge in [0, 0.05) is 25.3 Å². The van der Waals surface area contributed by atoms with Crippen LogP contribution >= 0.6 is 0 Å². The third-order valence-electron chi connectivity index (χ3n) is 5.85. The molecule has 1 aromatic carbocycles. The van der Waals surface area contributed by atoms with Crippen molar-refractivity contribution < 1.29 is 37.0 Å². The van der Waals surface area contributed by atoms with Gasteiger partial charge < -0.3 is 14.4 Å². The SMILES string of the molecule is O=C(OCc1ccccc1)C1COC(=O)N1C1CCN(C(=O)c2ccc(C(F)(F)F)nc2)CC1. The summed E-state index contributed by atoms with van der Waals surface area (Å²) in [5, 5.41) is 0. The van der Waals surface area contributed by atoms with E-state index in [0.717, 1.165) is 23.9 Å². The highest BCUT2D eigenvalue weighted by molar-refractivity contribution is 5.94. The third kappa shape index (κ3) is 5.13. The number of alkyl halides is 3. The minimum atomic E-state index is -4.58. The summed E-state index contributed by atoms with van der Waals surface area (Å²) in [6.45, 7) is 0.495. The van der Waals surface area contributed by atoms with E-state index in [1.807, 2.05) is 30.3 Å². The van der Waals surface area contributed by atoms with E-state index in [0.29, 0.717) is 12.8 Å². The first-order chi connectivity index (χ1) is 16.2. The van der Waals surface area contributed by atoms with Crippen LogP contribution in [0.2, 0.25) is 0 Å². The highest BCUT2D eigenvalue weighted by atomic mass is 19.4. The Kier molecular flexibility index (Phi) is 6.71. The second-order valence-electron chi connectivity index (χ2n) is 8.05. The Morgan fingerprint density at radius 3 is 2.41 bits per heavy atom. The minimum Gasteiger partial charge on any atom is -0.459 e. The number of benzene rings is 1. The number of carbonyl (C=O) groups excluding carboxylic acids is 3. The molecule has 2 aliphatic rings. The van der Waals surface area contributed by atoms with Crippen LogP contribution in [0.5, 0.6) is 0 Å². The second-order valence-corrected chi connectivity index (χ2v) is 8.05. The van der Waals surface area contributed by atoms with Crippen molar-refractivity contribution in [3.8, 4) is 0 Å². The molecule has 2 fully saturated rings. The average Bonchev–Trinajstić information content (AvgIpc) is 3.24. The number of amides is 2. The predicted molar refractivity (Wildman–Crippen MR) is 111 cm³/mol. The summed E-state index contributed by atoms with van der Waals surface area (Å²) in [5.41, 5.74) is -0.202. The van der Waals surface area contributed by atoms with Gasteiger partial charge in [-0.25, -0.2) is 9.59 Å². The lowest BCUT2D eigenvalue weighted by Crippen LogP contribution is -2.52. The Morgan fingerprint density at radius 1 is 1.09 bits per heavy atom. The molecule has 0 aliphatic carbocycles. The first kappa shape index (κ1) is 23.5. The molecule has 1 unspecified atom stereocenters. The zero-order chi connectivity index (χ0) is 24.3. The number of likely N-dealkylation sites (tertiary alicyclic amines) is 1. The Hall–Kier alpha value is -3.63. The van der Waals surface area contributed by atoms with Crippen molar-refractivity contribution in [3.63, 3.8) is 0 Å². The number of esters is 1. The van der Waals surface area contributed by atoms with Gasteiger partial charge in [-0.1, -0.05) is 30.3 Å². The van der Waals surface area contributed by atoms with E-state index in [-0.39, 0.29) is 37.9 Å². The molecule has 0 radical (unpaired) electrons. The first-order valence-corrected chi connectivity index (χ1v) is 10.7. The molecule has 3 heterocycles. The molecule has 0 spiro atoms. The molecule has 0 bridgehead atoms. The van der Waals surface area contributed by atoms with Crippen molar-refractivity contribution in [1.29, 1.82) is 0 Å². The van der Waals surface area contributed by atoms with Crippen molar-refractivity contribution in [2.45, 2.75) is 37.7 Å². The Bertz CT molecular complexity index is 1040. The van der Waals surface area contributed by atoms with E-state index >= 15 is 0 Å². The number of cyclic esters (lactones) is 1. The molecule has 180 valence electrons. The van der Waals surface area contributed by atoms with Crippen LogP contribution in [0.25, 0.3) is 0 Å². The van der Waals surface area contributed by atoms with Crippen LogP contribution in [0.15, 0.2) is 48.7 Å². The van der Waals surface area contributed by atoms with Crippen molar-refractivity contribution in [2.75, 3.05) is 19.7 Å². The summed E-state index contributed by atoms with van der Waals surface area (Å²) >= 11 is 0. The Balaban J connectivity index is 1.34. The van der Waals surface area contributed by atoms with Gasteiger partial charge in [0.25, 0.3) is 5.91 Å².